The molecule has 0 atom stereocenters. The smallest absolute Gasteiger partial charge is 0.270 e. The molecule has 0 aromatic carbocycles. The maximum absolute atomic E-state index is 11.5. The molecular weight excluding hydrogens is 198 g/mol. The van der Waals surface area contributed by atoms with Gasteiger partial charge in [-0.25, -0.2) is 4.68 Å². The van der Waals surface area contributed by atoms with Crippen molar-refractivity contribution in [3.8, 4) is 0 Å². The molecule has 0 spiro atoms. The van der Waals surface area contributed by atoms with Crippen molar-refractivity contribution >= 4 is 5.91 Å². The van der Waals surface area contributed by atoms with E-state index in [2.05, 4.69) is 20.6 Å². The van der Waals surface area contributed by atoms with E-state index in [0.29, 0.717) is 0 Å². The van der Waals surface area contributed by atoms with E-state index >= 15 is 0 Å². The van der Waals surface area contributed by atoms with E-state index in [0.717, 1.165) is 0 Å². The molecule has 2 heterocycles. The van der Waals surface area contributed by atoms with Gasteiger partial charge < -0.3 is 4.98 Å². The van der Waals surface area contributed by atoms with Crippen LogP contribution in [0.25, 0.3) is 0 Å². The highest BCUT2D eigenvalue weighted by Gasteiger charge is 2.05. The van der Waals surface area contributed by atoms with E-state index in [4.69, 9.17) is 0 Å². The van der Waals surface area contributed by atoms with Gasteiger partial charge in [-0.15, -0.1) is 10.2 Å². The molecule has 7 heteroatoms. The van der Waals surface area contributed by atoms with Crippen LogP contribution >= 0.6 is 0 Å². The Kier molecular flexibility index (Phi) is 2.28. The summed E-state index contributed by atoms with van der Waals surface area (Å²) in [6, 6.07) is 2.71. The number of aromatic amines is 1. The van der Waals surface area contributed by atoms with Gasteiger partial charge in [0, 0.05) is 17.8 Å². The van der Waals surface area contributed by atoms with Gasteiger partial charge in [0.2, 0.25) is 5.56 Å². The SMILES string of the molecule is O=C(Nn1cnnc1)c1cc[nH]c(=O)c1. The summed E-state index contributed by atoms with van der Waals surface area (Å²) in [6.45, 7) is 0. The molecule has 7 nitrogen and oxygen atoms in total. The zero-order valence-electron chi connectivity index (χ0n) is 7.54. The number of rotatable bonds is 2. The fraction of sp³-hybridized carbons (Fsp3) is 0. The molecule has 2 aromatic heterocycles. The highest BCUT2D eigenvalue weighted by Crippen LogP contribution is 1.93. The monoisotopic (exact) mass is 205 g/mol. The quantitative estimate of drug-likeness (QED) is 0.681. The summed E-state index contributed by atoms with van der Waals surface area (Å²) in [4.78, 5) is 24.9. The van der Waals surface area contributed by atoms with Crippen molar-refractivity contribution in [3.05, 3.63) is 46.9 Å². The van der Waals surface area contributed by atoms with Crippen LogP contribution in [-0.4, -0.2) is 25.8 Å². The molecule has 15 heavy (non-hydrogen) atoms. The summed E-state index contributed by atoms with van der Waals surface area (Å²) in [6.07, 6.45) is 4.08. The molecular formula is C8H7N5O2. The molecule has 0 saturated heterocycles. The average Bonchev–Trinajstić information content (AvgIpc) is 2.70. The second kappa shape index (κ2) is 3.74. The van der Waals surface area contributed by atoms with Gasteiger partial charge in [0.05, 0.1) is 0 Å². The second-order valence-electron chi connectivity index (χ2n) is 2.75. The summed E-state index contributed by atoms with van der Waals surface area (Å²) in [5, 5.41) is 7.03. The number of H-pyrrole nitrogens is 1. The van der Waals surface area contributed by atoms with Crippen LogP contribution < -0.4 is 11.0 Å². The lowest BCUT2D eigenvalue weighted by Crippen LogP contribution is -2.22. The van der Waals surface area contributed by atoms with Crippen molar-refractivity contribution in [1.82, 2.24) is 19.9 Å². The first-order chi connectivity index (χ1) is 7.25. The van der Waals surface area contributed by atoms with Crippen LogP contribution in [0.3, 0.4) is 0 Å². The number of amides is 1. The lowest BCUT2D eigenvalue weighted by Gasteiger charge is -2.03. The minimum absolute atomic E-state index is 0.271. The minimum Gasteiger partial charge on any atom is -0.329 e. The maximum atomic E-state index is 11.5. The number of carbonyl (C=O) groups is 1. The van der Waals surface area contributed by atoms with Gasteiger partial charge in [-0.3, -0.25) is 15.0 Å². The third kappa shape index (κ3) is 2.08. The summed E-state index contributed by atoms with van der Waals surface area (Å²) in [5.41, 5.74) is 2.41. The van der Waals surface area contributed by atoms with Gasteiger partial charge in [-0.1, -0.05) is 0 Å². The fourth-order valence-corrected chi connectivity index (χ4v) is 1.03. The van der Waals surface area contributed by atoms with Gasteiger partial charge in [0.1, 0.15) is 12.7 Å². The molecule has 0 fully saturated rings. The number of nitrogens with one attached hydrogen (secondary N) is 2. The number of hydrogen-bond donors (Lipinski definition) is 2. The first-order valence-electron chi connectivity index (χ1n) is 4.10. The number of carbonyl (C=O) groups excluding carboxylic acids is 1. The van der Waals surface area contributed by atoms with Gasteiger partial charge in [-0.05, 0) is 6.07 Å². The van der Waals surface area contributed by atoms with Gasteiger partial charge in [-0.2, -0.15) is 0 Å². The number of nitrogens with zero attached hydrogens (tertiary/aromatic N) is 3. The van der Waals surface area contributed by atoms with Crippen molar-refractivity contribution in [2.45, 2.75) is 0 Å². The van der Waals surface area contributed by atoms with Gasteiger partial charge in [0.15, 0.2) is 0 Å². The Hall–Kier alpha value is -2.44. The van der Waals surface area contributed by atoms with Gasteiger partial charge >= 0.3 is 0 Å². The molecule has 0 aliphatic rings. The van der Waals surface area contributed by atoms with E-state index < -0.39 is 5.91 Å². The number of pyridine rings is 1. The highest BCUT2D eigenvalue weighted by molar-refractivity contribution is 5.99. The zero-order valence-corrected chi connectivity index (χ0v) is 7.54. The maximum Gasteiger partial charge on any atom is 0.270 e. The Morgan fingerprint density at radius 1 is 1.40 bits per heavy atom. The van der Waals surface area contributed by atoms with Crippen molar-refractivity contribution in [2.75, 3.05) is 5.43 Å². The van der Waals surface area contributed by atoms with E-state index in [-0.39, 0.29) is 11.1 Å². The lowest BCUT2D eigenvalue weighted by atomic mass is 10.2. The van der Waals surface area contributed by atoms with Gasteiger partial charge in [0.25, 0.3) is 5.91 Å². The van der Waals surface area contributed by atoms with E-state index in [1.54, 1.807) is 0 Å². The molecule has 0 unspecified atom stereocenters. The van der Waals surface area contributed by atoms with Crippen LogP contribution in [0, 0.1) is 0 Å². The molecule has 2 aromatic rings. The predicted octanol–water partition coefficient (Wildman–Crippen LogP) is -0.650. The van der Waals surface area contributed by atoms with E-state index in [9.17, 15) is 9.59 Å². The normalized spacial score (nSPS) is 9.87. The molecule has 76 valence electrons. The highest BCUT2D eigenvalue weighted by atomic mass is 16.2. The van der Waals surface area contributed by atoms with Crippen LogP contribution in [0.2, 0.25) is 0 Å². The van der Waals surface area contributed by atoms with Crippen molar-refractivity contribution in [1.29, 1.82) is 0 Å². The summed E-state index contributed by atoms with van der Waals surface area (Å²) in [5.74, 6) is -0.402. The lowest BCUT2D eigenvalue weighted by molar-refractivity contribution is 0.101. The van der Waals surface area contributed by atoms with Crippen LogP contribution in [0.15, 0.2) is 35.8 Å². The molecule has 2 N–H and O–H groups in total. The Labute approximate surface area is 83.7 Å². The molecule has 0 bridgehead atoms. The summed E-state index contributed by atoms with van der Waals surface area (Å²) >= 11 is 0. The summed E-state index contributed by atoms with van der Waals surface area (Å²) in [7, 11) is 0. The summed E-state index contributed by atoms with van der Waals surface area (Å²) < 4.78 is 1.30. The Bertz CT molecular complexity index is 516. The largest absolute Gasteiger partial charge is 0.329 e. The molecule has 0 saturated carbocycles. The van der Waals surface area contributed by atoms with Crippen molar-refractivity contribution < 1.29 is 4.79 Å². The third-order valence-electron chi connectivity index (χ3n) is 1.69. The number of aromatic nitrogens is 4. The Morgan fingerprint density at radius 2 is 2.13 bits per heavy atom. The Morgan fingerprint density at radius 3 is 2.80 bits per heavy atom. The first-order valence-corrected chi connectivity index (χ1v) is 4.10. The molecule has 0 aliphatic carbocycles. The van der Waals surface area contributed by atoms with Crippen LogP contribution in [-0.2, 0) is 0 Å². The molecule has 0 aliphatic heterocycles. The molecule has 1 amide bonds. The molecule has 2 rings (SSSR count). The van der Waals surface area contributed by atoms with E-state index in [1.807, 2.05) is 0 Å². The van der Waals surface area contributed by atoms with Crippen LogP contribution in [0.4, 0.5) is 0 Å². The Balaban J connectivity index is 2.18. The third-order valence-corrected chi connectivity index (χ3v) is 1.69. The second-order valence-corrected chi connectivity index (χ2v) is 2.75. The van der Waals surface area contributed by atoms with E-state index in [1.165, 1.54) is 35.7 Å². The topological polar surface area (TPSA) is 92.7 Å². The molecule has 0 radical (unpaired) electrons. The van der Waals surface area contributed by atoms with Crippen LogP contribution in [0.1, 0.15) is 10.4 Å². The first kappa shape index (κ1) is 9.13. The predicted molar refractivity (Wildman–Crippen MR) is 50.8 cm³/mol. The zero-order chi connectivity index (χ0) is 10.7. The average molecular weight is 205 g/mol. The standard InChI is InChI=1S/C8H7N5O2/c14-7-3-6(1-2-9-7)8(15)12-13-4-10-11-5-13/h1-5H,(H,9,14)(H,12,15). The van der Waals surface area contributed by atoms with Crippen molar-refractivity contribution in [3.63, 3.8) is 0 Å². The number of hydrogen-bond acceptors (Lipinski definition) is 4. The fourth-order valence-electron chi connectivity index (χ4n) is 1.03. The minimum atomic E-state index is -0.402. The van der Waals surface area contributed by atoms with Crippen LogP contribution in [0.5, 0.6) is 0 Å². The van der Waals surface area contributed by atoms with Crippen molar-refractivity contribution in [2.24, 2.45) is 0 Å².